The van der Waals surface area contributed by atoms with Gasteiger partial charge in [-0.05, 0) is 24.1 Å². The van der Waals surface area contributed by atoms with E-state index in [1.807, 2.05) is 13.0 Å². The fourth-order valence-corrected chi connectivity index (χ4v) is 2.39. The predicted molar refractivity (Wildman–Crippen MR) is 67.0 cm³/mol. The maximum Gasteiger partial charge on any atom is 0.199 e. The predicted octanol–water partition coefficient (Wildman–Crippen LogP) is 2.84. The minimum absolute atomic E-state index is 0.270. The van der Waals surface area contributed by atoms with Crippen LogP contribution in [0, 0.1) is 11.3 Å². The second-order valence-electron chi connectivity index (χ2n) is 3.68. The zero-order valence-electron chi connectivity index (χ0n) is 9.76. The van der Waals surface area contributed by atoms with Crippen molar-refractivity contribution in [3.63, 3.8) is 0 Å². The molecule has 0 N–H and O–H groups in total. The van der Waals surface area contributed by atoms with E-state index in [0.29, 0.717) is 6.42 Å². The van der Waals surface area contributed by atoms with Crippen LogP contribution in [0.4, 0.5) is 0 Å². The van der Waals surface area contributed by atoms with Gasteiger partial charge in [0.25, 0.3) is 0 Å². The van der Waals surface area contributed by atoms with Gasteiger partial charge in [0.05, 0.1) is 17.4 Å². The van der Waals surface area contributed by atoms with Crippen LogP contribution in [0.5, 0.6) is 0 Å². The van der Waals surface area contributed by atoms with E-state index >= 15 is 0 Å². The number of nitriles is 1. The van der Waals surface area contributed by atoms with Crippen LogP contribution in [0.2, 0.25) is 0 Å². The second kappa shape index (κ2) is 6.21. The summed E-state index contributed by atoms with van der Waals surface area (Å²) in [6.07, 6.45) is 3.64. The number of hydrogen-bond donors (Lipinski definition) is 0. The molecule has 0 saturated heterocycles. The maximum atomic E-state index is 11.8. The zero-order valence-corrected chi connectivity index (χ0v) is 10.6. The van der Waals surface area contributed by atoms with Gasteiger partial charge in [0.15, 0.2) is 9.84 Å². The normalized spacial score (nSPS) is 11.5. The van der Waals surface area contributed by atoms with Crippen molar-refractivity contribution in [1.29, 1.82) is 5.26 Å². The van der Waals surface area contributed by atoms with E-state index < -0.39 is 9.84 Å². The first kappa shape index (κ1) is 13.5. The van der Waals surface area contributed by atoms with E-state index in [2.05, 4.69) is 0 Å². The van der Waals surface area contributed by atoms with Gasteiger partial charge >= 0.3 is 0 Å². The molecular formula is C13H15NO2S. The Bertz CT molecular complexity index is 522. The van der Waals surface area contributed by atoms with Crippen molar-refractivity contribution in [2.24, 2.45) is 0 Å². The van der Waals surface area contributed by atoms with Crippen LogP contribution in [0.15, 0.2) is 40.6 Å². The lowest BCUT2D eigenvalue weighted by atomic mass is 10.2. The van der Waals surface area contributed by atoms with Crippen LogP contribution in [0.1, 0.15) is 25.3 Å². The Balaban J connectivity index is 2.89. The Hall–Kier alpha value is -1.60. The molecule has 0 aliphatic carbocycles. The molecule has 0 bridgehead atoms. The standard InChI is InChI=1S/C13H15NO2S/c1-2-3-4-11-17(15,16)13-7-5-12(6-8-13)9-10-14/h4-8,11H,2-3,9H2,1H3. The molecule has 0 aliphatic rings. The van der Waals surface area contributed by atoms with Crippen LogP contribution >= 0.6 is 0 Å². The van der Waals surface area contributed by atoms with Crippen LogP contribution in [-0.4, -0.2) is 8.42 Å². The maximum absolute atomic E-state index is 11.8. The van der Waals surface area contributed by atoms with Crippen molar-refractivity contribution >= 4 is 9.84 Å². The quantitative estimate of drug-likeness (QED) is 0.806. The molecule has 0 amide bonds. The summed E-state index contributed by atoms with van der Waals surface area (Å²) < 4.78 is 23.6. The molecule has 0 fully saturated rings. The monoisotopic (exact) mass is 249 g/mol. The Kier molecular flexibility index (Phi) is 4.92. The lowest BCUT2D eigenvalue weighted by Gasteiger charge is -2.00. The highest BCUT2D eigenvalue weighted by Crippen LogP contribution is 2.14. The van der Waals surface area contributed by atoms with Gasteiger partial charge in [-0.15, -0.1) is 0 Å². The Labute approximate surface area is 102 Å². The number of sulfone groups is 1. The Morgan fingerprint density at radius 2 is 1.94 bits per heavy atom. The van der Waals surface area contributed by atoms with E-state index in [0.717, 1.165) is 18.4 Å². The summed E-state index contributed by atoms with van der Waals surface area (Å²) in [5, 5.41) is 9.76. The molecule has 17 heavy (non-hydrogen) atoms. The number of rotatable bonds is 5. The summed E-state index contributed by atoms with van der Waals surface area (Å²) in [7, 11) is -3.33. The molecule has 0 spiro atoms. The third-order valence-corrected chi connectivity index (χ3v) is 3.75. The lowest BCUT2D eigenvalue weighted by Crippen LogP contribution is -1.96. The molecular weight excluding hydrogens is 234 g/mol. The zero-order chi connectivity index (χ0) is 12.7. The molecule has 0 heterocycles. The van der Waals surface area contributed by atoms with E-state index in [-0.39, 0.29) is 4.90 Å². The Morgan fingerprint density at radius 3 is 2.47 bits per heavy atom. The number of unbranched alkanes of at least 4 members (excludes halogenated alkanes) is 1. The van der Waals surface area contributed by atoms with E-state index in [1.165, 1.54) is 17.5 Å². The first-order chi connectivity index (χ1) is 8.10. The molecule has 4 heteroatoms. The summed E-state index contributed by atoms with van der Waals surface area (Å²) in [5.74, 6) is 0. The first-order valence-electron chi connectivity index (χ1n) is 5.47. The molecule has 0 aromatic heterocycles. The average molecular weight is 249 g/mol. The minimum Gasteiger partial charge on any atom is -0.219 e. The van der Waals surface area contributed by atoms with Crippen molar-refractivity contribution in [3.8, 4) is 6.07 Å². The highest BCUT2D eigenvalue weighted by atomic mass is 32.2. The van der Waals surface area contributed by atoms with Crippen molar-refractivity contribution in [3.05, 3.63) is 41.3 Å². The van der Waals surface area contributed by atoms with Gasteiger partial charge in [0.2, 0.25) is 0 Å². The third kappa shape index (κ3) is 4.04. The minimum atomic E-state index is -3.33. The van der Waals surface area contributed by atoms with Crippen LogP contribution in [0.25, 0.3) is 0 Å². The molecule has 1 aromatic rings. The van der Waals surface area contributed by atoms with Crippen molar-refractivity contribution in [1.82, 2.24) is 0 Å². The van der Waals surface area contributed by atoms with Crippen molar-refractivity contribution in [2.45, 2.75) is 31.1 Å². The third-order valence-electron chi connectivity index (χ3n) is 2.27. The van der Waals surface area contributed by atoms with Gasteiger partial charge in [-0.2, -0.15) is 5.26 Å². The van der Waals surface area contributed by atoms with Crippen LogP contribution in [-0.2, 0) is 16.3 Å². The summed E-state index contributed by atoms with van der Waals surface area (Å²) in [6, 6.07) is 8.44. The molecule has 1 rings (SSSR count). The number of benzene rings is 1. The van der Waals surface area contributed by atoms with Gasteiger partial charge in [0.1, 0.15) is 0 Å². The molecule has 0 radical (unpaired) electrons. The largest absolute Gasteiger partial charge is 0.219 e. The molecule has 3 nitrogen and oxygen atoms in total. The van der Waals surface area contributed by atoms with E-state index in [1.54, 1.807) is 18.2 Å². The highest BCUT2D eigenvalue weighted by Gasteiger charge is 2.09. The topological polar surface area (TPSA) is 57.9 Å². The molecule has 90 valence electrons. The van der Waals surface area contributed by atoms with Gasteiger partial charge in [-0.1, -0.05) is 31.6 Å². The van der Waals surface area contributed by atoms with Crippen molar-refractivity contribution in [2.75, 3.05) is 0 Å². The van der Waals surface area contributed by atoms with Crippen LogP contribution in [0.3, 0.4) is 0 Å². The summed E-state index contributed by atoms with van der Waals surface area (Å²) in [4.78, 5) is 0.270. The number of nitrogens with zero attached hydrogens (tertiary/aromatic N) is 1. The highest BCUT2D eigenvalue weighted by molar-refractivity contribution is 7.94. The molecule has 0 unspecified atom stereocenters. The van der Waals surface area contributed by atoms with Gasteiger partial charge in [0, 0.05) is 5.41 Å². The summed E-state index contributed by atoms with van der Waals surface area (Å²) in [6.45, 7) is 1.99. The van der Waals surface area contributed by atoms with Crippen LogP contribution < -0.4 is 0 Å². The fourth-order valence-electron chi connectivity index (χ4n) is 1.33. The molecule has 0 aliphatic heterocycles. The molecule has 0 atom stereocenters. The summed E-state index contributed by atoms with van der Waals surface area (Å²) >= 11 is 0. The first-order valence-corrected chi connectivity index (χ1v) is 7.02. The average Bonchev–Trinajstić information content (AvgIpc) is 2.30. The SMILES string of the molecule is CCCC=CS(=O)(=O)c1ccc(CC#N)cc1. The number of allylic oxidation sites excluding steroid dienone is 1. The number of hydrogen-bond acceptors (Lipinski definition) is 3. The second-order valence-corrected chi connectivity index (χ2v) is 5.52. The van der Waals surface area contributed by atoms with Crippen molar-refractivity contribution < 1.29 is 8.42 Å². The molecule has 1 aromatic carbocycles. The lowest BCUT2D eigenvalue weighted by molar-refractivity contribution is 0.604. The fraction of sp³-hybridized carbons (Fsp3) is 0.308. The van der Waals surface area contributed by atoms with Gasteiger partial charge in [-0.25, -0.2) is 8.42 Å². The van der Waals surface area contributed by atoms with E-state index in [9.17, 15) is 8.42 Å². The molecule has 0 saturated carbocycles. The smallest absolute Gasteiger partial charge is 0.199 e. The Morgan fingerprint density at radius 1 is 1.29 bits per heavy atom. The van der Waals surface area contributed by atoms with Gasteiger partial charge < -0.3 is 0 Å². The van der Waals surface area contributed by atoms with Gasteiger partial charge in [-0.3, -0.25) is 0 Å². The van der Waals surface area contributed by atoms with E-state index in [4.69, 9.17) is 5.26 Å². The summed E-state index contributed by atoms with van der Waals surface area (Å²) in [5.41, 5.74) is 0.823.